The lowest BCUT2D eigenvalue weighted by Gasteiger charge is -2.10. The SMILES string of the molecule is Cc1nn(C)c(C)c1S(=O)(=O)Nc1cccc(C(=O)[O-])c1. The number of aromatic carboxylic acids is 1. The third-order valence-electron chi connectivity index (χ3n) is 3.06. The Kier molecular flexibility index (Phi) is 3.73. The van der Waals surface area contributed by atoms with Gasteiger partial charge in [0.2, 0.25) is 0 Å². The van der Waals surface area contributed by atoms with Gasteiger partial charge in [-0.25, -0.2) is 8.42 Å². The van der Waals surface area contributed by atoms with Crippen LogP contribution in [0.1, 0.15) is 21.7 Å². The van der Waals surface area contributed by atoms with Gasteiger partial charge < -0.3 is 9.90 Å². The van der Waals surface area contributed by atoms with E-state index in [1.165, 1.54) is 28.9 Å². The summed E-state index contributed by atoms with van der Waals surface area (Å²) < 4.78 is 28.6. The molecular weight excluding hydrogens is 294 g/mol. The zero-order chi connectivity index (χ0) is 15.8. The fourth-order valence-corrected chi connectivity index (χ4v) is 3.55. The van der Waals surface area contributed by atoms with E-state index in [0.717, 1.165) is 0 Å². The largest absolute Gasteiger partial charge is 0.545 e. The molecule has 0 amide bonds. The Morgan fingerprint density at radius 3 is 2.52 bits per heavy atom. The Bertz CT molecular complexity index is 809. The van der Waals surface area contributed by atoms with Gasteiger partial charge in [-0.3, -0.25) is 9.40 Å². The molecule has 1 aromatic heterocycles. The van der Waals surface area contributed by atoms with Gasteiger partial charge in [0.05, 0.1) is 17.4 Å². The molecule has 0 aliphatic rings. The summed E-state index contributed by atoms with van der Waals surface area (Å²) in [4.78, 5) is 10.9. The number of anilines is 1. The summed E-state index contributed by atoms with van der Waals surface area (Å²) in [5.74, 6) is -1.37. The monoisotopic (exact) mass is 308 g/mol. The van der Waals surface area contributed by atoms with Gasteiger partial charge in [-0.15, -0.1) is 0 Å². The Morgan fingerprint density at radius 1 is 1.33 bits per heavy atom. The maximum absolute atomic E-state index is 12.4. The molecule has 1 aromatic carbocycles. The number of nitrogens with zero attached hydrogens (tertiary/aromatic N) is 2. The minimum absolute atomic E-state index is 0.0869. The first kappa shape index (κ1) is 15.0. The summed E-state index contributed by atoms with van der Waals surface area (Å²) in [6, 6.07) is 5.43. The number of hydrogen-bond acceptors (Lipinski definition) is 5. The van der Waals surface area contributed by atoms with Gasteiger partial charge >= 0.3 is 0 Å². The predicted octanol–water partition coefficient (Wildman–Crippen LogP) is 0.201. The first-order valence-electron chi connectivity index (χ1n) is 6.07. The van der Waals surface area contributed by atoms with Crippen LogP contribution >= 0.6 is 0 Å². The summed E-state index contributed by atoms with van der Waals surface area (Å²) in [5.41, 5.74) is 0.920. The van der Waals surface area contributed by atoms with Crippen molar-refractivity contribution in [2.75, 3.05) is 4.72 Å². The molecule has 0 spiro atoms. The Balaban J connectivity index is 2.42. The molecule has 0 saturated heterocycles. The minimum Gasteiger partial charge on any atom is -0.545 e. The zero-order valence-corrected chi connectivity index (χ0v) is 12.6. The van der Waals surface area contributed by atoms with E-state index in [1.54, 1.807) is 20.9 Å². The van der Waals surface area contributed by atoms with Crippen LogP contribution in [-0.2, 0) is 17.1 Å². The van der Waals surface area contributed by atoms with Crippen molar-refractivity contribution in [3.63, 3.8) is 0 Å². The molecule has 0 aliphatic carbocycles. The highest BCUT2D eigenvalue weighted by Gasteiger charge is 2.23. The second-order valence-corrected chi connectivity index (χ2v) is 6.22. The van der Waals surface area contributed by atoms with Gasteiger partial charge in [0.1, 0.15) is 4.90 Å². The third-order valence-corrected chi connectivity index (χ3v) is 4.69. The highest BCUT2D eigenvalue weighted by Crippen LogP contribution is 2.22. The second-order valence-electron chi connectivity index (χ2n) is 4.60. The smallest absolute Gasteiger partial charge is 0.265 e. The van der Waals surface area contributed by atoms with E-state index in [-0.39, 0.29) is 16.1 Å². The summed E-state index contributed by atoms with van der Waals surface area (Å²) in [6.07, 6.45) is 0. The molecule has 2 rings (SSSR count). The number of aryl methyl sites for hydroxylation is 2. The van der Waals surface area contributed by atoms with Crippen LogP contribution in [0.15, 0.2) is 29.2 Å². The van der Waals surface area contributed by atoms with E-state index < -0.39 is 16.0 Å². The molecular formula is C13H14N3O4S-. The van der Waals surface area contributed by atoms with Crippen molar-refractivity contribution < 1.29 is 18.3 Å². The number of carbonyl (C=O) groups is 1. The number of carbonyl (C=O) groups excluding carboxylic acids is 1. The van der Waals surface area contributed by atoms with Gasteiger partial charge in [0.15, 0.2) is 0 Å². The molecule has 112 valence electrons. The van der Waals surface area contributed by atoms with Crippen molar-refractivity contribution in [2.45, 2.75) is 18.7 Å². The summed E-state index contributed by atoms with van der Waals surface area (Å²) in [5, 5.41) is 14.9. The molecule has 0 unspecified atom stereocenters. The maximum Gasteiger partial charge on any atom is 0.265 e. The standard InChI is InChI=1S/C13H15N3O4S/c1-8-12(9(2)16(3)14-8)21(19,20)15-11-6-4-5-10(7-11)13(17)18/h4-7,15H,1-3H3,(H,17,18)/p-1. The molecule has 0 radical (unpaired) electrons. The molecule has 7 nitrogen and oxygen atoms in total. The zero-order valence-electron chi connectivity index (χ0n) is 11.7. The van der Waals surface area contributed by atoms with Crippen molar-refractivity contribution in [1.29, 1.82) is 0 Å². The van der Waals surface area contributed by atoms with E-state index in [0.29, 0.717) is 11.4 Å². The molecule has 2 aromatic rings. The Hall–Kier alpha value is -2.35. The van der Waals surface area contributed by atoms with Crippen molar-refractivity contribution in [3.8, 4) is 0 Å². The van der Waals surface area contributed by atoms with E-state index >= 15 is 0 Å². The lowest BCUT2D eigenvalue weighted by molar-refractivity contribution is -0.255. The molecule has 0 fully saturated rings. The maximum atomic E-state index is 12.4. The van der Waals surface area contributed by atoms with Gasteiger partial charge in [-0.05, 0) is 31.5 Å². The molecule has 1 N–H and O–H groups in total. The first-order chi connectivity index (χ1) is 9.72. The Morgan fingerprint density at radius 2 is 2.00 bits per heavy atom. The Labute approximate surface area is 122 Å². The molecule has 0 saturated carbocycles. The average Bonchev–Trinajstić information content (AvgIpc) is 2.63. The van der Waals surface area contributed by atoms with E-state index in [4.69, 9.17) is 0 Å². The van der Waals surface area contributed by atoms with Crippen LogP contribution in [0.3, 0.4) is 0 Å². The molecule has 1 heterocycles. The highest BCUT2D eigenvalue weighted by molar-refractivity contribution is 7.92. The lowest BCUT2D eigenvalue weighted by atomic mass is 10.2. The van der Waals surface area contributed by atoms with Gasteiger partial charge in [0.25, 0.3) is 10.0 Å². The van der Waals surface area contributed by atoms with E-state index in [1.807, 2.05) is 0 Å². The minimum atomic E-state index is -3.84. The molecule has 0 bridgehead atoms. The first-order valence-corrected chi connectivity index (χ1v) is 7.55. The third kappa shape index (κ3) is 2.89. The highest BCUT2D eigenvalue weighted by atomic mass is 32.2. The number of aromatic nitrogens is 2. The van der Waals surface area contributed by atoms with Crippen LogP contribution in [0.2, 0.25) is 0 Å². The fourth-order valence-electron chi connectivity index (χ4n) is 2.06. The van der Waals surface area contributed by atoms with Crippen LogP contribution in [-0.4, -0.2) is 24.2 Å². The van der Waals surface area contributed by atoms with Gasteiger partial charge in [-0.1, -0.05) is 12.1 Å². The summed E-state index contributed by atoms with van der Waals surface area (Å²) >= 11 is 0. The lowest BCUT2D eigenvalue weighted by Crippen LogP contribution is -2.22. The normalized spacial score (nSPS) is 11.4. The van der Waals surface area contributed by atoms with Crippen LogP contribution in [0.25, 0.3) is 0 Å². The fraction of sp³-hybridized carbons (Fsp3) is 0.231. The van der Waals surface area contributed by atoms with Crippen LogP contribution in [0.4, 0.5) is 5.69 Å². The summed E-state index contributed by atoms with van der Waals surface area (Å²) in [6.45, 7) is 3.24. The van der Waals surface area contributed by atoms with Gasteiger partial charge in [0, 0.05) is 12.7 Å². The molecule has 0 aliphatic heterocycles. The van der Waals surface area contributed by atoms with E-state index in [2.05, 4.69) is 9.82 Å². The van der Waals surface area contributed by atoms with Gasteiger partial charge in [-0.2, -0.15) is 5.10 Å². The topological polar surface area (TPSA) is 104 Å². The van der Waals surface area contributed by atoms with E-state index in [9.17, 15) is 18.3 Å². The number of nitrogens with one attached hydrogen (secondary N) is 1. The van der Waals surface area contributed by atoms with Crippen LogP contribution < -0.4 is 9.83 Å². The predicted molar refractivity (Wildman–Crippen MR) is 74.3 cm³/mol. The average molecular weight is 308 g/mol. The molecule has 0 atom stereocenters. The molecule has 21 heavy (non-hydrogen) atoms. The molecule has 8 heteroatoms. The van der Waals surface area contributed by atoms with Crippen LogP contribution in [0, 0.1) is 13.8 Å². The number of sulfonamides is 1. The number of benzene rings is 1. The second kappa shape index (κ2) is 5.21. The van der Waals surface area contributed by atoms with Crippen molar-refractivity contribution >= 4 is 21.7 Å². The number of hydrogen-bond donors (Lipinski definition) is 1. The number of carboxylic acid groups (broad SMARTS) is 1. The summed E-state index contributed by atoms with van der Waals surface area (Å²) in [7, 11) is -2.19. The number of rotatable bonds is 4. The van der Waals surface area contributed by atoms with Crippen molar-refractivity contribution in [1.82, 2.24) is 9.78 Å². The van der Waals surface area contributed by atoms with Crippen molar-refractivity contribution in [3.05, 3.63) is 41.2 Å². The van der Waals surface area contributed by atoms with Crippen LogP contribution in [0.5, 0.6) is 0 Å². The number of carboxylic acids is 1. The quantitative estimate of drug-likeness (QED) is 0.869. The van der Waals surface area contributed by atoms with Crippen molar-refractivity contribution in [2.24, 2.45) is 7.05 Å².